The van der Waals surface area contributed by atoms with Gasteiger partial charge in [-0.3, -0.25) is 14.4 Å². The first-order valence-corrected chi connectivity index (χ1v) is 12.1. The van der Waals surface area contributed by atoms with Crippen LogP contribution in [0.4, 0.5) is 4.39 Å². The molecule has 3 N–H and O–H groups in total. The second-order valence-corrected chi connectivity index (χ2v) is 11.1. The average molecular weight is 462 g/mol. The van der Waals surface area contributed by atoms with Gasteiger partial charge in [0, 0.05) is 24.4 Å². The highest BCUT2D eigenvalue weighted by molar-refractivity contribution is 8.00. The Labute approximate surface area is 184 Å². The first kappa shape index (κ1) is 22.1. The van der Waals surface area contributed by atoms with Crippen molar-refractivity contribution in [2.75, 3.05) is 12.4 Å². The lowest BCUT2D eigenvalue weighted by molar-refractivity contribution is -0.154. The third-order valence-corrected chi connectivity index (χ3v) is 8.46. The molecule has 30 heavy (non-hydrogen) atoms. The lowest BCUT2D eigenvalue weighted by atomic mass is 9.44. The molecule has 5 fully saturated rings. The van der Waals surface area contributed by atoms with Crippen LogP contribution in [0.5, 0.6) is 0 Å². The fourth-order valence-corrected chi connectivity index (χ4v) is 6.94. The molecule has 5 rings (SSSR count). The van der Waals surface area contributed by atoms with E-state index in [1.807, 2.05) is 0 Å². The Morgan fingerprint density at radius 3 is 2.50 bits per heavy atom. The molecule has 0 aromatic rings. The Morgan fingerprint density at radius 1 is 1.13 bits per heavy atom. The first-order chi connectivity index (χ1) is 14.2. The molecule has 0 spiro atoms. The molecule has 4 aliphatic carbocycles. The van der Waals surface area contributed by atoms with Crippen molar-refractivity contribution in [1.29, 1.82) is 0 Å². The van der Waals surface area contributed by atoms with E-state index in [1.165, 1.54) is 6.92 Å². The second kappa shape index (κ2) is 8.47. The molecule has 0 radical (unpaired) electrons. The Balaban J connectivity index is 1.17. The van der Waals surface area contributed by atoms with Crippen LogP contribution >= 0.6 is 23.4 Å². The van der Waals surface area contributed by atoms with Crippen LogP contribution in [0, 0.1) is 5.92 Å². The van der Waals surface area contributed by atoms with Crippen molar-refractivity contribution in [3.63, 3.8) is 0 Å². The quantitative estimate of drug-likeness (QED) is 0.501. The summed E-state index contributed by atoms with van der Waals surface area (Å²) in [5.41, 5.74) is -0.495. The number of carbonyl (C=O) groups is 3. The molecule has 2 bridgehead atoms. The maximum absolute atomic E-state index is 13.7. The molecule has 0 aromatic carbocycles. The molecule has 1 heterocycles. The third kappa shape index (κ3) is 4.58. The number of hydrogen-bond acceptors (Lipinski definition) is 5. The standard InChI is InChI=1S/C20H29ClFN3O4S/c1-11(26)23-18-13(4-5-30-18)17(28)25-20-8-19(9-20,10-20)24-16(27)7-29-12-2-3-14(21)15(22)6-12/h12-15,18H,2-10H2,1H3,(H,23,26)(H,24,27)(H,25,28). The molecule has 5 atom stereocenters. The Morgan fingerprint density at radius 2 is 1.83 bits per heavy atom. The number of thioether (sulfide) groups is 1. The minimum atomic E-state index is -1.09. The highest BCUT2D eigenvalue weighted by atomic mass is 35.5. The number of carbonyl (C=O) groups excluding carboxylic acids is 3. The lowest BCUT2D eigenvalue weighted by Gasteiger charge is -2.70. The number of halogens is 2. The Kier molecular flexibility index (Phi) is 6.25. The summed E-state index contributed by atoms with van der Waals surface area (Å²) < 4.78 is 19.2. The minimum Gasteiger partial charge on any atom is -0.368 e. The molecular formula is C20H29ClFN3O4S. The van der Waals surface area contributed by atoms with Gasteiger partial charge in [-0.25, -0.2) is 4.39 Å². The van der Waals surface area contributed by atoms with Gasteiger partial charge in [0.05, 0.1) is 22.8 Å². The van der Waals surface area contributed by atoms with E-state index in [0.717, 1.165) is 12.2 Å². The van der Waals surface area contributed by atoms with Gasteiger partial charge in [0.1, 0.15) is 12.8 Å². The monoisotopic (exact) mass is 461 g/mol. The number of hydrogen-bond donors (Lipinski definition) is 3. The lowest BCUT2D eigenvalue weighted by Crippen LogP contribution is -2.84. The van der Waals surface area contributed by atoms with Gasteiger partial charge in [-0.1, -0.05) is 0 Å². The van der Waals surface area contributed by atoms with Gasteiger partial charge >= 0.3 is 0 Å². The van der Waals surface area contributed by atoms with Crippen LogP contribution in [0.15, 0.2) is 0 Å². The van der Waals surface area contributed by atoms with E-state index >= 15 is 0 Å². The Bertz CT molecular complexity index is 706. The number of rotatable bonds is 7. The maximum Gasteiger partial charge on any atom is 0.246 e. The summed E-state index contributed by atoms with van der Waals surface area (Å²) in [6, 6.07) is 0. The predicted molar refractivity (Wildman–Crippen MR) is 112 cm³/mol. The Hall–Kier alpha value is -1.06. The molecule has 10 heteroatoms. The van der Waals surface area contributed by atoms with E-state index in [9.17, 15) is 18.8 Å². The zero-order chi connectivity index (χ0) is 21.5. The molecule has 7 nitrogen and oxygen atoms in total. The number of nitrogens with one attached hydrogen (secondary N) is 3. The molecule has 1 saturated heterocycles. The zero-order valence-corrected chi connectivity index (χ0v) is 18.6. The van der Waals surface area contributed by atoms with Crippen molar-refractivity contribution in [3.05, 3.63) is 0 Å². The van der Waals surface area contributed by atoms with Gasteiger partial charge in [0.2, 0.25) is 17.7 Å². The van der Waals surface area contributed by atoms with Crippen LogP contribution in [-0.4, -0.2) is 64.2 Å². The smallest absolute Gasteiger partial charge is 0.246 e. The van der Waals surface area contributed by atoms with E-state index in [-0.39, 0.29) is 59.2 Å². The van der Waals surface area contributed by atoms with Crippen molar-refractivity contribution >= 4 is 41.1 Å². The number of ether oxygens (including phenoxy) is 1. The van der Waals surface area contributed by atoms with Gasteiger partial charge < -0.3 is 20.7 Å². The van der Waals surface area contributed by atoms with Crippen molar-refractivity contribution in [2.45, 2.75) is 86.0 Å². The second-order valence-electron chi connectivity index (χ2n) is 9.29. The third-order valence-electron chi connectivity index (χ3n) is 6.69. The van der Waals surface area contributed by atoms with Gasteiger partial charge in [0.15, 0.2) is 0 Å². The van der Waals surface area contributed by atoms with Gasteiger partial charge in [0.25, 0.3) is 0 Å². The molecular weight excluding hydrogens is 433 g/mol. The summed E-state index contributed by atoms with van der Waals surface area (Å²) in [5.74, 6) is 0.299. The summed E-state index contributed by atoms with van der Waals surface area (Å²) in [5, 5.41) is 8.40. The summed E-state index contributed by atoms with van der Waals surface area (Å²) in [6.45, 7) is 1.38. The predicted octanol–water partition coefficient (Wildman–Crippen LogP) is 1.62. The zero-order valence-electron chi connectivity index (χ0n) is 17.0. The van der Waals surface area contributed by atoms with E-state index in [4.69, 9.17) is 16.3 Å². The van der Waals surface area contributed by atoms with Crippen LogP contribution in [0.3, 0.4) is 0 Å². The van der Waals surface area contributed by atoms with Crippen molar-refractivity contribution in [2.24, 2.45) is 5.92 Å². The van der Waals surface area contributed by atoms with Crippen LogP contribution in [0.2, 0.25) is 0 Å². The summed E-state index contributed by atoms with van der Waals surface area (Å²) in [7, 11) is 0. The van der Waals surface area contributed by atoms with Gasteiger partial charge in [-0.05, 0) is 44.3 Å². The van der Waals surface area contributed by atoms with Gasteiger partial charge in [-0.15, -0.1) is 23.4 Å². The summed E-state index contributed by atoms with van der Waals surface area (Å²) in [4.78, 5) is 36.3. The molecule has 168 valence electrons. The first-order valence-electron chi connectivity index (χ1n) is 10.6. The van der Waals surface area contributed by atoms with Crippen LogP contribution in [-0.2, 0) is 19.1 Å². The molecule has 5 aliphatic rings. The number of amides is 3. The molecule has 4 saturated carbocycles. The highest BCUT2D eigenvalue weighted by Gasteiger charge is 2.69. The molecule has 1 aliphatic heterocycles. The SMILES string of the molecule is CC(=O)NC1SCCC1C(=O)NC12CC(NC(=O)COC3CCC(Cl)C(F)C3)(C1)C2. The maximum atomic E-state index is 13.7. The summed E-state index contributed by atoms with van der Waals surface area (Å²) in [6.07, 6.45) is 3.01. The largest absolute Gasteiger partial charge is 0.368 e. The molecule has 5 unspecified atom stereocenters. The van der Waals surface area contributed by atoms with Gasteiger partial charge in [-0.2, -0.15) is 0 Å². The average Bonchev–Trinajstić information content (AvgIpc) is 3.07. The fourth-order valence-electron chi connectivity index (χ4n) is 5.33. The topological polar surface area (TPSA) is 96.5 Å². The molecule has 0 aromatic heterocycles. The van der Waals surface area contributed by atoms with E-state index < -0.39 is 11.5 Å². The van der Waals surface area contributed by atoms with E-state index in [0.29, 0.717) is 32.1 Å². The van der Waals surface area contributed by atoms with Crippen LogP contribution < -0.4 is 16.0 Å². The van der Waals surface area contributed by atoms with E-state index in [1.54, 1.807) is 11.8 Å². The van der Waals surface area contributed by atoms with Crippen LogP contribution in [0.25, 0.3) is 0 Å². The fraction of sp³-hybridized carbons (Fsp3) is 0.850. The van der Waals surface area contributed by atoms with Crippen molar-refractivity contribution < 1.29 is 23.5 Å². The minimum absolute atomic E-state index is 0.0163. The van der Waals surface area contributed by atoms with Crippen molar-refractivity contribution in [1.82, 2.24) is 16.0 Å². The van der Waals surface area contributed by atoms with E-state index in [2.05, 4.69) is 16.0 Å². The van der Waals surface area contributed by atoms with Crippen molar-refractivity contribution in [3.8, 4) is 0 Å². The summed E-state index contributed by atoms with van der Waals surface area (Å²) >= 11 is 7.48. The van der Waals surface area contributed by atoms with Crippen LogP contribution in [0.1, 0.15) is 51.9 Å². The molecule has 3 amide bonds. The number of alkyl halides is 2. The highest BCUT2D eigenvalue weighted by Crippen LogP contribution is 2.60. The normalized spacial score (nSPS) is 41.9.